The van der Waals surface area contributed by atoms with Gasteiger partial charge in [-0.25, -0.2) is 0 Å². The van der Waals surface area contributed by atoms with Crippen LogP contribution in [0.2, 0.25) is 0 Å². The van der Waals surface area contributed by atoms with Crippen molar-refractivity contribution in [2.75, 3.05) is 10.6 Å². The summed E-state index contributed by atoms with van der Waals surface area (Å²) in [6, 6.07) is 14.9. The fourth-order valence-electron chi connectivity index (χ4n) is 2.84. The minimum atomic E-state index is -0.273. The largest absolute Gasteiger partial charge is 0.491 e. The summed E-state index contributed by atoms with van der Waals surface area (Å²) in [6.45, 7) is 5.87. The average Bonchev–Trinajstić information content (AvgIpc) is 3.39. The summed E-state index contributed by atoms with van der Waals surface area (Å²) in [5.41, 5.74) is 2.51. The van der Waals surface area contributed by atoms with Gasteiger partial charge in [-0.15, -0.1) is 0 Å². The molecule has 2 N–H and O–H groups in total. The van der Waals surface area contributed by atoms with Gasteiger partial charge in [-0.2, -0.15) is 0 Å². The molecule has 2 aromatic rings. The van der Waals surface area contributed by atoms with Crippen molar-refractivity contribution in [2.24, 2.45) is 11.8 Å². The molecule has 0 aromatic heterocycles. The molecule has 26 heavy (non-hydrogen) atoms. The number of rotatable bonds is 6. The lowest BCUT2D eigenvalue weighted by atomic mass is 10.2. The molecule has 2 amide bonds. The monoisotopic (exact) mass is 352 g/mol. The van der Waals surface area contributed by atoms with Crippen molar-refractivity contribution in [3.63, 3.8) is 0 Å². The second-order valence-corrected chi connectivity index (χ2v) is 6.93. The maximum absolute atomic E-state index is 12.3. The van der Waals surface area contributed by atoms with Gasteiger partial charge < -0.3 is 15.4 Å². The van der Waals surface area contributed by atoms with Gasteiger partial charge in [-0.1, -0.05) is 18.2 Å². The van der Waals surface area contributed by atoms with Crippen LogP contribution in [0.5, 0.6) is 5.75 Å². The number of benzene rings is 2. The Labute approximate surface area is 153 Å². The Morgan fingerprint density at radius 1 is 0.962 bits per heavy atom. The number of nitrogens with one attached hydrogen (secondary N) is 2. The molecule has 0 radical (unpaired) electrons. The van der Waals surface area contributed by atoms with E-state index in [2.05, 4.69) is 10.6 Å². The molecule has 5 heteroatoms. The van der Waals surface area contributed by atoms with Gasteiger partial charge in [0, 0.05) is 11.4 Å². The number of anilines is 2. The van der Waals surface area contributed by atoms with Crippen LogP contribution in [-0.4, -0.2) is 17.9 Å². The van der Waals surface area contributed by atoms with Crippen LogP contribution in [0.15, 0.2) is 48.5 Å². The predicted octanol–water partition coefficient (Wildman–Crippen LogP) is 4.00. The molecule has 1 aliphatic carbocycles. The van der Waals surface area contributed by atoms with E-state index in [1.54, 1.807) is 12.1 Å². The molecule has 2 aromatic carbocycles. The quantitative estimate of drug-likeness (QED) is 0.826. The molecule has 0 aliphatic heterocycles. The summed E-state index contributed by atoms with van der Waals surface area (Å²) in [4.78, 5) is 24.7. The molecule has 3 rings (SSSR count). The van der Waals surface area contributed by atoms with Gasteiger partial charge in [0.1, 0.15) is 5.75 Å². The van der Waals surface area contributed by atoms with Crippen LogP contribution in [-0.2, 0) is 9.59 Å². The van der Waals surface area contributed by atoms with Crippen molar-refractivity contribution in [3.05, 3.63) is 54.1 Å². The van der Waals surface area contributed by atoms with Crippen molar-refractivity contribution in [2.45, 2.75) is 33.3 Å². The number of para-hydroxylation sites is 1. The van der Waals surface area contributed by atoms with Crippen LogP contribution in [0.1, 0.15) is 25.8 Å². The minimum absolute atomic E-state index is 0.0971. The van der Waals surface area contributed by atoms with Crippen molar-refractivity contribution in [3.8, 4) is 5.75 Å². The number of ether oxygens (including phenoxy) is 1. The van der Waals surface area contributed by atoms with Gasteiger partial charge in [-0.05, 0) is 63.1 Å². The molecular formula is C21H24N2O3. The molecule has 1 fully saturated rings. The van der Waals surface area contributed by atoms with Gasteiger partial charge in [0.2, 0.25) is 11.8 Å². The fraction of sp³-hybridized carbons (Fsp3) is 0.333. The number of hydrogen-bond donors (Lipinski definition) is 2. The van der Waals surface area contributed by atoms with E-state index in [0.717, 1.165) is 17.0 Å². The van der Waals surface area contributed by atoms with Crippen LogP contribution in [0.3, 0.4) is 0 Å². The Hall–Kier alpha value is -2.82. The first-order chi connectivity index (χ1) is 12.4. The number of amides is 2. The zero-order chi connectivity index (χ0) is 18.7. The smallest absolute Gasteiger partial charge is 0.228 e. The molecule has 136 valence electrons. The van der Waals surface area contributed by atoms with E-state index >= 15 is 0 Å². The zero-order valence-corrected chi connectivity index (χ0v) is 15.3. The van der Waals surface area contributed by atoms with Crippen molar-refractivity contribution >= 4 is 23.2 Å². The second-order valence-electron chi connectivity index (χ2n) is 6.93. The summed E-state index contributed by atoms with van der Waals surface area (Å²) in [6.07, 6.45) is 0.687. The van der Waals surface area contributed by atoms with Crippen LogP contribution in [0, 0.1) is 18.8 Å². The van der Waals surface area contributed by atoms with Gasteiger partial charge in [0.15, 0.2) is 0 Å². The molecule has 2 atom stereocenters. The van der Waals surface area contributed by atoms with Crippen LogP contribution >= 0.6 is 0 Å². The van der Waals surface area contributed by atoms with E-state index < -0.39 is 0 Å². The number of carbonyl (C=O) groups is 2. The van der Waals surface area contributed by atoms with Gasteiger partial charge in [0.25, 0.3) is 0 Å². The number of aryl methyl sites for hydroxylation is 1. The maximum atomic E-state index is 12.3. The highest BCUT2D eigenvalue weighted by Crippen LogP contribution is 2.40. The first-order valence-electron chi connectivity index (χ1n) is 8.88. The van der Waals surface area contributed by atoms with E-state index in [1.807, 2.05) is 57.2 Å². The molecule has 1 saturated carbocycles. The first kappa shape index (κ1) is 18.0. The Morgan fingerprint density at radius 3 is 2.19 bits per heavy atom. The molecule has 0 bridgehead atoms. The van der Waals surface area contributed by atoms with Crippen molar-refractivity contribution in [1.82, 2.24) is 0 Å². The average molecular weight is 352 g/mol. The summed E-state index contributed by atoms with van der Waals surface area (Å²) in [5.74, 6) is 0.0104. The standard InChI is InChI=1S/C21H24N2O3/c1-13(2)26-16-10-8-15(9-11-16)22-20(24)17-12-18(17)21(25)23-19-7-5-4-6-14(19)3/h4-11,13,17-18H,12H2,1-3H3,(H,22,24)(H,23,25). The molecule has 0 spiro atoms. The molecule has 0 heterocycles. The Kier molecular flexibility index (Phi) is 5.26. The Balaban J connectivity index is 1.52. The van der Waals surface area contributed by atoms with E-state index in [9.17, 15) is 9.59 Å². The summed E-state index contributed by atoms with van der Waals surface area (Å²) >= 11 is 0. The molecule has 5 nitrogen and oxygen atoms in total. The van der Waals surface area contributed by atoms with Crippen molar-refractivity contribution in [1.29, 1.82) is 0 Å². The van der Waals surface area contributed by atoms with E-state index in [-0.39, 0.29) is 29.8 Å². The number of hydrogen-bond acceptors (Lipinski definition) is 3. The number of carbonyl (C=O) groups excluding carboxylic acids is 2. The zero-order valence-electron chi connectivity index (χ0n) is 15.3. The van der Waals surface area contributed by atoms with Crippen molar-refractivity contribution < 1.29 is 14.3 Å². The summed E-state index contributed by atoms with van der Waals surface area (Å²) in [7, 11) is 0. The van der Waals surface area contributed by atoms with Gasteiger partial charge >= 0.3 is 0 Å². The Morgan fingerprint density at radius 2 is 1.58 bits per heavy atom. The summed E-state index contributed by atoms with van der Waals surface area (Å²) in [5, 5.41) is 5.78. The maximum Gasteiger partial charge on any atom is 0.228 e. The van der Waals surface area contributed by atoms with Crippen LogP contribution in [0.25, 0.3) is 0 Å². The molecular weight excluding hydrogens is 328 g/mol. The first-order valence-corrected chi connectivity index (χ1v) is 8.88. The highest BCUT2D eigenvalue weighted by molar-refractivity contribution is 6.03. The highest BCUT2D eigenvalue weighted by atomic mass is 16.5. The topological polar surface area (TPSA) is 67.4 Å². The third kappa shape index (κ3) is 4.42. The molecule has 0 saturated heterocycles. The lowest BCUT2D eigenvalue weighted by molar-refractivity contribution is -0.122. The third-order valence-corrected chi connectivity index (χ3v) is 4.36. The lowest BCUT2D eigenvalue weighted by Gasteiger charge is -2.11. The minimum Gasteiger partial charge on any atom is -0.491 e. The highest BCUT2D eigenvalue weighted by Gasteiger charge is 2.48. The molecule has 1 aliphatic rings. The second kappa shape index (κ2) is 7.60. The van der Waals surface area contributed by atoms with Crippen LogP contribution < -0.4 is 15.4 Å². The van der Waals surface area contributed by atoms with E-state index in [0.29, 0.717) is 12.1 Å². The summed E-state index contributed by atoms with van der Waals surface area (Å²) < 4.78 is 5.58. The van der Waals surface area contributed by atoms with Gasteiger partial charge in [0.05, 0.1) is 17.9 Å². The Bertz CT molecular complexity index is 799. The van der Waals surface area contributed by atoms with E-state index in [1.165, 1.54) is 0 Å². The fourth-order valence-corrected chi connectivity index (χ4v) is 2.84. The lowest BCUT2D eigenvalue weighted by Crippen LogP contribution is -2.20. The predicted molar refractivity (Wildman–Crippen MR) is 102 cm³/mol. The normalized spacial score (nSPS) is 18.3. The molecule has 2 unspecified atom stereocenters. The van der Waals surface area contributed by atoms with Crippen LogP contribution in [0.4, 0.5) is 11.4 Å². The third-order valence-electron chi connectivity index (χ3n) is 4.36. The SMILES string of the molecule is Cc1ccccc1NC(=O)C1CC1C(=O)Nc1ccc(OC(C)C)cc1. The van der Waals surface area contributed by atoms with Gasteiger partial charge in [-0.3, -0.25) is 9.59 Å². The van der Waals surface area contributed by atoms with E-state index in [4.69, 9.17) is 4.74 Å².